The number of nitrogens with zero attached hydrogens (tertiary/aromatic N) is 2. The second-order valence-electron chi connectivity index (χ2n) is 9.02. The zero-order valence-electron chi connectivity index (χ0n) is 18.2. The Hall–Kier alpha value is -0.120. The molecule has 2 saturated heterocycles. The lowest BCUT2D eigenvalue weighted by Crippen LogP contribution is -2.65. The first-order valence-corrected chi connectivity index (χ1v) is 11.6. The zero-order chi connectivity index (χ0) is 19.4. The molecular weight excluding hydrogens is 481 g/mol. The van der Waals surface area contributed by atoms with E-state index in [1.165, 1.54) is 32.1 Å². The van der Waals surface area contributed by atoms with E-state index < -0.39 is 0 Å². The molecule has 0 bridgehead atoms. The van der Waals surface area contributed by atoms with E-state index in [9.17, 15) is 0 Å². The minimum absolute atomic E-state index is 0. The van der Waals surface area contributed by atoms with Crippen molar-refractivity contribution < 1.29 is 14.2 Å². The highest BCUT2D eigenvalue weighted by molar-refractivity contribution is 14.0. The molecule has 3 unspecified atom stereocenters. The van der Waals surface area contributed by atoms with Gasteiger partial charge in [0.2, 0.25) is 0 Å². The summed E-state index contributed by atoms with van der Waals surface area (Å²) in [6.07, 6.45) is 12.0. The van der Waals surface area contributed by atoms with Crippen LogP contribution in [0.5, 0.6) is 0 Å². The van der Waals surface area contributed by atoms with Gasteiger partial charge in [-0.05, 0) is 51.9 Å². The molecule has 1 N–H and O–H groups in total. The molecule has 0 aromatic carbocycles. The lowest BCUT2D eigenvalue weighted by molar-refractivity contribution is -0.126. The van der Waals surface area contributed by atoms with Gasteiger partial charge in [0, 0.05) is 44.8 Å². The Morgan fingerprint density at radius 2 is 1.90 bits per heavy atom. The Labute approximate surface area is 193 Å². The topological polar surface area (TPSA) is 55.3 Å². The average Bonchev–Trinajstić information content (AvgIpc) is 3.43. The van der Waals surface area contributed by atoms with Gasteiger partial charge in [0.25, 0.3) is 0 Å². The normalized spacial score (nSPS) is 32.3. The van der Waals surface area contributed by atoms with Gasteiger partial charge in [0.15, 0.2) is 5.96 Å². The summed E-state index contributed by atoms with van der Waals surface area (Å²) in [5, 5.41) is 3.82. The molecule has 4 rings (SSSR count). The number of nitrogens with one attached hydrogen (secondary N) is 1. The molecule has 2 aliphatic heterocycles. The molecule has 2 aliphatic carbocycles. The van der Waals surface area contributed by atoms with E-state index in [1.54, 1.807) is 0 Å². The molecule has 0 amide bonds. The van der Waals surface area contributed by atoms with Crippen molar-refractivity contribution in [3.05, 3.63) is 0 Å². The third kappa shape index (κ3) is 5.21. The number of hydrogen-bond acceptors (Lipinski definition) is 4. The SMILES string of the molecule is CCOC1CC(NC(=NC)N2CCC(OCC3CCCO3)CC2)C12CCCC2.I. The van der Waals surface area contributed by atoms with E-state index >= 15 is 0 Å². The van der Waals surface area contributed by atoms with Crippen LogP contribution in [0.15, 0.2) is 4.99 Å². The summed E-state index contributed by atoms with van der Waals surface area (Å²) in [5.41, 5.74) is 0.342. The molecule has 0 aromatic heterocycles. The number of rotatable bonds is 6. The number of aliphatic imine (C=N–C) groups is 1. The summed E-state index contributed by atoms with van der Waals surface area (Å²) < 4.78 is 17.9. The quantitative estimate of drug-likeness (QED) is 0.329. The smallest absolute Gasteiger partial charge is 0.193 e. The van der Waals surface area contributed by atoms with Crippen molar-refractivity contribution in [2.24, 2.45) is 10.4 Å². The minimum Gasteiger partial charge on any atom is -0.378 e. The molecular formula is C22H40IN3O3. The fraction of sp³-hybridized carbons (Fsp3) is 0.955. The molecule has 3 atom stereocenters. The number of piperidine rings is 1. The highest BCUT2D eigenvalue weighted by Crippen LogP contribution is 2.54. The first-order valence-electron chi connectivity index (χ1n) is 11.6. The minimum atomic E-state index is 0. The van der Waals surface area contributed by atoms with E-state index in [-0.39, 0.29) is 24.0 Å². The number of halogens is 1. The fourth-order valence-electron chi connectivity index (χ4n) is 5.80. The van der Waals surface area contributed by atoms with Crippen molar-refractivity contribution in [2.45, 2.75) is 89.1 Å². The molecule has 6 nitrogen and oxygen atoms in total. The van der Waals surface area contributed by atoms with Crippen molar-refractivity contribution in [2.75, 3.05) is 40.0 Å². The van der Waals surface area contributed by atoms with Gasteiger partial charge < -0.3 is 24.4 Å². The molecule has 7 heteroatoms. The number of hydrogen-bond donors (Lipinski definition) is 1. The van der Waals surface area contributed by atoms with Crippen LogP contribution in [0, 0.1) is 5.41 Å². The molecule has 29 heavy (non-hydrogen) atoms. The predicted molar refractivity (Wildman–Crippen MR) is 126 cm³/mol. The van der Waals surface area contributed by atoms with Gasteiger partial charge in [0.05, 0.1) is 24.9 Å². The summed E-state index contributed by atoms with van der Waals surface area (Å²) in [6, 6.07) is 0.513. The summed E-state index contributed by atoms with van der Waals surface area (Å²) in [4.78, 5) is 7.04. The van der Waals surface area contributed by atoms with Crippen LogP contribution >= 0.6 is 24.0 Å². The van der Waals surface area contributed by atoms with Crippen LogP contribution in [0.4, 0.5) is 0 Å². The molecule has 0 aromatic rings. The summed E-state index contributed by atoms with van der Waals surface area (Å²) in [7, 11) is 1.92. The lowest BCUT2D eigenvalue weighted by Gasteiger charge is -2.55. The largest absolute Gasteiger partial charge is 0.378 e. The molecule has 2 saturated carbocycles. The van der Waals surface area contributed by atoms with Crippen LogP contribution in [0.25, 0.3) is 0 Å². The van der Waals surface area contributed by atoms with E-state index in [0.29, 0.717) is 29.8 Å². The number of guanidine groups is 1. The van der Waals surface area contributed by atoms with Crippen LogP contribution in [0.3, 0.4) is 0 Å². The van der Waals surface area contributed by atoms with Crippen molar-refractivity contribution in [1.29, 1.82) is 0 Å². The van der Waals surface area contributed by atoms with Crippen molar-refractivity contribution in [3.8, 4) is 0 Å². The van der Waals surface area contributed by atoms with Gasteiger partial charge in [-0.15, -0.1) is 24.0 Å². The molecule has 168 valence electrons. The van der Waals surface area contributed by atoms with Crippen molar-refractivity contribution in [3.63, 3.8) is 0 Å². The van der Waals surface area contributed by atoms with Crippen molar-refractivity contribution >= 4 is 29.9 Å². The fourth-order valence-corrected chi connectivity index (χ4v) is 5.80. The monoisotopic (exact) mass is 521 g/mol. The van der Waals surface area contributed by atoms with Crippen LogP contribution < -0.4 is 5.32 Å². The van der Waals surface area contributed by atoms with E-state index in [0.717, 1.165) is 64.6 Å². The Kier molecular flexibility index (Phi) is 8.89. The van der Waals surface area contributed by atoms with E-state index in [2.05, 4.69) is 22.1 Å². The highest BCUT2D eigenvalue weighted by Gasteiger charge is 2.57. The van der Waals surface area contributed by atoms with Crippen LogP contribution in [0.1, 0.15) is 64.7 Å². The Morgan fingerprint density at radius 3 is 2.52 bits per heavy atom. The van der Waals surface area contributed by atoms with Crippen molar-refractivity contribution in [1.82, 2.24) is 10.2 Å². The first-order chi connectivity index (χ1) is 13.7. The van der Waals surface area contributed by atoms with Gasteiger partial charge in [-0.25, -0.2) is 0 Å². The number of ether oxygens (including phenoxy) is 3. The highest BCUT2D eigenvalue weighted by atomic mass is 127. The van der Waals surface area contributed by atoms with Crippen LogP contribution in [-0.4, -0.2) is 75.2 Å². The lowest BCUT2D eigenvalue weighted by atomic mass is 9.60. The molecule has 0 radical (unpaired) electrons. The van der Waals surface area contributed by atoms with Gasteiger partial charge >= 0.3 is 0 Å². The van der Waals surface area contributed by atoms with E-state index in [1.807, 2.05) is 7.05 Å². The standard InChI is InChI=1S/C22H39N3O3.HI/c1-3-26-20-15-19(22(20)10-4-5-11-22)24-21(23-2)25-12-8-17(9-13-25)28-16-18-7-6-14-27-18;/h17-20H,3-16H2,1-2H3,(H,23,24);1H. The summed E-state index contributed by atoms with van der Waals surface area (Å²) in [5.74, 6) is 1.07. The summed E-state index contributed by atoms with van der Waals surface area (Å²) in [6.45, 7) is 6.65. The maximum atomic E-state index is 6.13. The third-order valence-electron chi connectivity index (χ3n) is 7.49. The maximum Gasteiger partial charge on any atom is 0.193 e. The second kappa shape index (κ2) is 11.0. The molecule has 2 heterocycles. The Balaban J connectivity index is 0.00000240. The average molecular weight is 521 g/mol. The second-order valence-corrected chi connectivity index (χ2v) is 9.02. The van der Waals surface area contributed by atoms with Gasteiger partial charge in [-0.1, -0.05) is 12.8 Å². The Morgan fingerprint density at radius 1 is 1.14 bits per heavy atom. The maximum absolute atomic E-state index is 6.13. The molecule has 1 spiro atoms. The van der Waals surface area contributed by atoms with Gasteiger partial charge in [-0.3, -0.25) is 4.99 Å². The van der Waals surface area contributed by atoms with E-state index in [4.69, 9.17) is 14.2 Å². The Bertz CT molecular complexity index is 527. The third-order valence-corrected chi connectivity index (χ3v) is 7.49. The van der Waals surface area contributed by atoms with Crippen LogP contribution in [-0.2, 0) is 14.2 Å². The molecule has 4 aliphatic rings. The van der Waals surface area contributed by atoms with Crippen LogP contribution in [0.2, 0.25) is 0 Å². The van der Waals surface area contributed by atoms with Gasteiger partial charge in [0.1, 0.15) is 0 Å². The summed E-state index contributed by atoms with van der Waals surface area (Å²) >= 11 is 0. The zero-order valence-corrected chi connectivity index (χ0v) is 20.6. The first kappa shape index (κ1) is 23.5. The van der Waals surface area contributed by atoms with Gasteiger partial charge in [-0.2, -0.15) is 0 Å². The molecule has 4 fully saturated rings. The number of likely N-dealkylation sites (tertiary alicyclic amines) is 1. The predicted octanol–water partition coefficient (Wildman–Crippen LogP) is 3.58.